The molecular weight excluding hydrogens is 444 g/mol. The Morgan fingerprint density at radius 2 is 1.03 bits per heavy atom. The van der Waals surface area contributed by atoms with E-state index in [-0.39, 0.29) is 10.1 Å². The van der Waals surface area contributed by atoms with Crippen LogP contribution in [0.4, 0.5) is 0 Å². The topological polar surface area (TPSA) is 94.1 Å². The van der Waals surface area contributed by atoms with Gasteiger partial charge in [0.2, 0.25) is 0 Å². The molecule has 0 unspecified atom stereocenters. The summed E-state index contributed by atoms with van der Waals surface area (Å²) in [6.45, 7) is 6.68. The standard InChI is InChI=1S/C24H32N2O4S2/c1-15(2)31(27,28)23-19-11-7-5-6-9-17(19)13-21(25-23)22-14-18-10-8-12-20(18)24(26-22)32(29,30)16(3)4/h13-16H,5-12H2,1-4H3. The molecule has 0 saturated carbocycles. The first-order chi connectivity index (χ1) is 15.0. The number of hydrogen-bond acceptors (Lipinski definition) is 6. The zero-order valence-electron chi connectivity index (χ0n) is 19.3. The molecule has 0 fully saturated rings. The number of aromatic nitrogens is 2. The lowest BCUT2D eigenvalue weighted by molar-refractivity contribution is 0.579. The Morgan fingerprint density at radius 1 is 0.625 bits per heavy atom. The molecule has 6 nitrogen and oxygen atoms in total. The third kappa shape index (κ3) is 4.00. The fraction of sp³-hybridized carbons (Fsp3) is 0.583. The number of nitrogens with zero attached hydrogens (tertiary/aromatic N) is 2. The summed E-state index contributed by atoms with van der Waals surface area (Å²) in [5.41, 5.74) is 4.54. The van der Waals surface area contributed by atoms with Gasteiger partial charge in [-0.2, -0.15) is 0 Å². The molecule has 0 aliphatic heterocycles. The molecule has 0 saturated heterocycles. The van der Waals surface area contributed by atoms with Gasteiger partial charge in [0.15, 0.2) is 29.7 Å². The molecule has 2 aromatic rings. The van der Waals surface area contributed by atoms with Crippen LogP contribution in [-0.2, 0) is 45.4 Å². The molecule has 0 aromatic carbocycles. The maximum Gasteiger partial charge on any atom is 0.198 e. The molecule has 2 aliphatic carbocycles. The maximum atomic E-state index is 13.2. The van der Waals surface area contributed by atoms with E-state index in [2.05, 4.69) is 9.97 Å². The fourth-order valence-electron chi connectivity index (χ4n) is 4.61. The van der Waals surface area contributed by atoms with Gasteiger partial charge in [-0.25, -0.2) is 26.8 Å². The van der Waals surface area contributed by atoms with Crippen molar-refractivity contribution >= 4 is 19.7 Å². The zero-order valence-corrected chi connectivity index (χ0v) is 20.9. The molecule has 174 valence electrons. The van der Waals surface area contributed by atoms with Crippen molar-refractivity contribution in [3.8, 4) is 11.4 Å². The molecule has 32 heavy (non-hydrogen) atoms. The van der Waals surface area contributed by atoms with E-state index >= 15 is 0 Å². The summed E-state index contributed by atoms with van der Waals surface area (Å²) in [4.78, 5) is 9.24. The van der Waals surface area contributed by atoms with Crippen molar-refractivity contribution in [2.24, 2.45) is 0 Å². The van der Waals surface area contributed by atoms with Crippen LogP contribution in [0.1, 0.15) is 75.6 Å². The van der Waals surface area contributed by atoms with Crippen LogP contribution in [0, 0.1) is 0 Å². The Balaban J connectivity index is 1.98. The predicted octanol–water partition coefficient (Wildman–Crippen LogP) is 4.27. The Kier molecular flexibility index (Phi) is 6.22. The molecule has 2 aliphatic rings. The SMILES string of the molecule is CC(C)S(=O)(=O)c1nc(-c2cc3c(c(S(=O)(=O)C(C)C)n2)CCC3)cc2c1CCCCC2. The van der Waals surface area contributed by atoms with Gasteiger partial charge in [-0.1, -0.05) is 6.42 Å². The van der Waals surface area contributed by atoms with Crippen molar-refractivity contribution in [3.63, 3.8) is 0 Å². The number of aryl methyl sites for hydroxylation is 2. The smallest absolute Gasteiger partial charge is 0.198 e. The van der Waals surface area contributed by atoms with Gasteiger partial charge in [-0.05, 0) is 107 Å². The van der Waals surface area contributed by atoms with Crippen molar-refractivity contribution in [1.82, 2.24) is 9.97 Å². The highest BCUT2D eigenvalue weighted by molar-refractivity contribution is 7.92. The van der Waals surface area contributed by atoms with Crippen molar-refractivity contribution in [2.75, 3.05) is 0 Å². The second-order valence-electron chi connectivity index (χ2n) is 9.50. The van der Waals surface area contributed by atoms with Crippen LogP contribution in [0.2, 0.25) is 0 Å². The molecule has 8 heteroatoms. The van der Waals surface area contributed by atoms with Gasteiger partial charge >= 0.3 is 0 Å². The summed E-state index contributed by atoms with van der Waals surface area (Å²) in [6, 6.07) is 3.86. The quantitative estimate of drug-likeness (QED) is 0.598. The van der Waals surface area contributed by atoms with Crippen LogP contribution in [0.15, 0.2) is 22.2 Å². The normalized spacial score (nSPS) is 16.8. The average molecular weight is 477 g/mol. The second kappa shape index (κ2) is 8.52. The van der Waals surface area contributed by atoms with E-state index in [1.165, 1.54) is 0 Å². The second-order valence-corrected chi connectivity index (χ2v) is 14.3. The van der Waals surface area contributed by atoms with E-state index in [4.69, 9.17) is 0 Å². The molecule has 4 rings (SSSR count). The van der Waals surface area contributed by atoms with Crippen LogP contribution >= 0.6 is 0 Å². The Hall–Kier alpha value is -1.80. The van der Waals surface area contributed by atoms with Crippen LogP contribution in [0.25, 0.3) is 11.4 Å². The lowest BCUT2D eigenvalue weighted by Gasteiger charge is -2.18. The molecule has 0 amide bonds. The number of sulfone groups is 2. The number of hydrogen-bond donors (Lipinski definition) is 0. The summed E-state index contributed by atoms with van der Waals surface area (Å²) in [5, 5.41) is -0.866. The Bertz CT molecular complexity index is 1260. The van der Waals surface area contributed by atoms with E-state index in [1.807, 2.05) is 12.1 Å². The van der Waals surface area contributed by atoms with Gasteiger partial charge in [0.05, 0.1) is 21.9 Å². The maximum absolute atomic E-state index is 13.2. The fourth-order valence-corrected chi connectivity index (χ4v) is 7.11. The van der Waals surface area contributed by atoms with Crippen LogP contribution in [0.3, 0.4) is 0 Å². The van der Waals surface area contributed by atoms with Gasteiger partial charge < -0.3 is 0 Å². The van der Waals surface area contributed by atoms with Gasteiger partial charge in [0.25, 0.3) is 0 Å². The minimum absolute atomic E-state index is 0.141. The van der Waals surface area contributed by atoms with Crippen LogP contribution < -0.4 is 0 Å². The minimum Gasteiger partial charge on any atom is -0.234 e. The van der Waals surface area contributed by atoms with E-state index < -0.39 is 30.2 Å². The van der Waals surface area contributed by atoms with Crippen molar-refractivity contribution in [1.29, 1.82) is 0 Å². The molecule has 2 heterocycles. The average Bonchev–Trinajstić information content (AvgIpc) is 3.08. The van der Waals surface area contributed by atoms with E-state index in [1.54, 1.807) is 27.7 Å². The summed E-state index contributed by atoms with van der Waals surface area (Å²) < 4.78 is 52.6. The van der Waals surface area contributed by atoms with Gasteiger partial charge in [0.1, 0.15) is 0 Å². The highest BCUT2D eigenvalue weighted by Gasteiger charge is 2.31. The van der Waals surface area contributed by atoms with Crippen molar-refractivity contribution < 1.29 is 16.8 Å². The first kappa shape index (κ1) is 23.4. The van der Waals surface area contributed by atoms with E-state index in [9.17, 15) is 16.8 Å². The molecule has 0 atom stereocenters. The molecule has 0 N–H and O–H groups in total. The lowest BCUT2D eigenvalue weighted by Crippen LogP contribution is -2.20. The summed E-state index contributed by atoms with van der Waals surface area (Å²) in [6.07, 6.45) is 6.90. The van der Waals surface area contributed by atoms with Crippen molar-refractivity contribution in [2.45, 2.75) is 99.6 Å². The van der Waals surface area contributed by atoms with Gasteiger partial charge in [0, 0.05) is 0 Å². The number of pyridine rings is 2. The number of fused-ring (bicyclic) bond motifs is 2. The minimum atomic E-state index is -3.59. The van der Waals surface area contributed by atoms with Crippen LogP contribution in [0.5, 0.6) is 0 Å². The summed E-state index contributed by atoms with van der Waals surface area (Å²) in [5.74, 6) is 0. The zero-order chi connectivity index (χ0) is 23.3. The Morgan fingerprint density at radius 3 is 1.50 bits per heavy atom. The van der Waals surface area contributed by atoms with Gasteiger partial charge in [-0.3, -0.25) is 0 Å². The Labute approximate surface area is 191 Å². The van der Waals surface area contributed by atoms with Crippen molar-refractivity contribution in [3.05, 3.63) is 34.4 Å². The summed E-state index contributed by atoms with van der Waals surface area (Å²) in [7, 11) is -7.15. The third-order valence-corrected chi connectivity index (χ3v) is 10.9. The first-order valence-corrected chi connectivity index (χ1v) is 14.7. The molecule has 0 radical (unpaired) electrons. The molecule has 0 spiro atoms. The predicted molar refractivity (Wildman–Crippen MR) is 125 cm³/mol. The van der Waals surface area contributed by atoms with E-state index in [0.29, 0.717) is 24.2 Å². The molecular formula is C24H32N2O4S2. The monoisotopic (exact) mass is 476 g/mol. The largest absolute Gasteiger partial charge is 0.234 e. The number of rotatable bonds is 5. The molecule has 2 aromatic heterocycles. The first-order valence-electron chi connectivity index (χ1n) is 11.6. The molecule has 0 bridgehead atoms. The highest BCUT2D eigenvalue weighted by atomic mass is 32.2. The lowest BCUT2D eigenvalue weighted by atomic mass is 10.0. The van der Waals surface area contributed by atoms with Crippen LogP contribution in [-0.4, -0.2) is 37.3 Å². The van der Waals surface area contributed by atoms with E-state index in [0.717, 1.165) is 60.8 Å². The highest BCUT2D eigenvalue weighted by Crippen LogP contribution is 2.35. The third-order valence-electron chi connectivity index (χ3n) is 6.65. The summed E-state index contributed by atoms with van der Waals surface area (Å²) >= 11 is 0. The van der Waals surface area contributed by atoms with Gasteiger partial charge in [-0.15, -0.1) is 0 Å².